The number of hydrogen-bond donors (Lipinski definition) is 0. The third-order valence-electron chi connectivity index (χ3n) is 7.17. The Kier molecular flexibility index (Phi) is 7.44. The average Bonchev–Trinajstić information content (AvgIpc) is 2.83. The molecule has 4 aromatic carbocycles. The van der Waals surface area contributed by atoms with Crippen LogP contribution in [0, 0.1) is 34.6 Å². The lowest BCUT2D eigenvalue weighted by atomic mass is 9.71. The molecule has 0 radical (unpaired) electrons. The number of rotatable bonds is 7. The maximum atomic E-state index is 13.0. The van der Waals surface area contributed by atoms with Gasteiger partial charge >= 0.3 is 0 Å². The molecular weight excluding hydrogens is 492 g/mol. The fourth-order valence-corrected chi connectivity index (χ4v) is 7.23. The maximum Gasteiger partial charge on any atom is 0.206 e. The van der Waals surface area contributed by atoms with E-state index < -0.39 is 9.84 Å². The molecule has 0 aromatic heterocycles. The molecule has 38 heavy (non-hydrogen) atoms. The molecule has 0 aliphatic heterocycles. The summed E-state index contributed by atoms with van der Waals surface area (Å²) in [7, 11) is -2.09. The number of ether oxygens (including phenoxy) is 2. The first-order chi connectivity index (χ1) is 17.8. The van der Waals surface area contributed by atoms with Gasteiger partial charge in [0.2, 0.25) is 9.84 Å². The number of benzene rings is 4. The molecule has 0 saturated carbocycles. The minimum absolute atomic E-state index is 0.175. The van der Waals surface area contributed by atoms with Gasteiger partial charge in [-0.3, -0.25) is 0 Å². The summed E-state index contributed by atoms with van der Waals surface area (Å²) in [6.45, 7) is 15.3. The fraction of sp³-hybridized carbons (Fsp3) is 0.273. The van der Waals surface area contributed by atoms with Gasteiger partial charge in [-0.15, -0.1) is 0 Å². The standard InChI is InChI=1S/C33H36O4S/c1-21-17-22(2)31(23(3)18-21)33(6,7)32-24(4)19-28(20-25(32)5)37-27-11-15-30(16-12-27)38(34,35)29-13-9-26(36-8)10-14-29/h9-20H,1-8H3. The molecule has 198 valence electrons. The molecular formula is C33H36O4S. The van der Waals surface area contributed by atoms with E-state index in [4.69, 9.17) is 9.47 Å². The highest BCUT2D eigenvalue weighted by Gasteiger charge is 2.30. The van der Waals surface area contributed by atoms with Crippen LogP contribution in [-0.4, -0.2) is 15.5 Å². The Morgan fingerprint density at radius 3 is 1.39 bits per heavy atom. The topological polar surface area (TPSA) is 52.6 Å². The van der Waals surface area contributed by atoms with Crippen LogP contribution in [0.1, 0.15) is 52.8 Å². The zero-order valence-electron chi connectivity index (χ0n) is 23.5. The lowest BCUT2D eigenvalue weighted by Gasteiger charge is -2.33. The Labute approximate surface area is 227 Å². The number of methoxy groups -OCH3 is 1. The Balaban J connectivity index is 1.60. The van der Waals surface area contributed by atoms with E-state index in [1.807, 2.05) is 0 Å². The molecule has 0 amide bonds. The average molecular weight is 529 g/mol. The van der Waals surface area contributed by atoms with E-state index in [9.17, 15) is 8.42 Å². The largest absolute Gasteiger partial charge is 0.497 e. The number of sulfone groups is 1. The van der Waals surface area contributed by atoms with E-state index in [2.05, 4.69) is 72.7 Å². The summed E-state index contributed by atoms with van der Waals surface area (Å²) < 4.78 is 37.3. The van der Waals surface area contributed by atoms with Crippen LogP contribution in [0.15, 0.2) is 82.6 Å². The molecule has 5 heteroatoms. The van der Waals surface area contributed by atoms with Crippen LogP contribution in [0.25, 0.3) is 0 Å². The van der Waals surface area contributed by atoms with Gasteiger partial charge < -0.3 is 9.47 Å². The summed E-state index contributed by atoms with van der Waals surface area (Å²) in [5.74, 6) is 1.91. The molecule has 4 nitrogen and oxygen atoms in total. The van der Waals surface area contributed by atoms with Crippen molar-refractivity contribution < 1.29 is 17.9 Å². The van der Waals surface area contributed by atoms with Gasteiger partial charge in [-0.2, -0.15) is 0 Å². The van der Waals surface area contributed by atoms with Crippen molar-refractivity contribution >= 4 is 9.84 Å². The first-order valence-corrected chi connectivity index (χ1v) is 14.2. The third-order valence-corrected chi connectivity index (χ3v) is 8.96. The predicted octanol–water partition coefficient (Wildman–Crippen LogP) is 8.19. The summed E-state index contributed by atoms with van der Waals surface area (Å²) in [5, 5.41) is 0. The van der Waals surface area contributed by atoms with Crippen LogP contribution >= 0.6 is 0 Å². The first-order valence-electron chi connectivity index (χ1n) is 12.7. The van der Waals surface area contributed by atoms with Crippen LogP contribution in [0.4, 0.5) is 0 Å². The van der Waals surface area contributed by atoms with Gasteiger partial charge in [0.15, 0.2) is 0 Å². The molecule has 0 atom stereocenters. The van der Waals surface area contributed by atoms with Gasteiger partial charge in [0.05, 0.1) is 16.9 Å². The highest BCUT2D eigenvalue weighted by molar-refractivity contribution is 7.91. The molecule has 4 aromatic rings. The smallest absolute Gasteiger partial charge is 0.206 e. The second kappa shape index (κ2) is 10.3. The molecule has 0 unspecified atom stereocenters. The Morgan fingerprint density at radius 2 is 0.974 bits per heavy atom. The van der Waals surface area contributed by atoms with Crippen LogP contribution in [-0.2, 0) is 15.3 Å². The van der Waals surface area contributed by atoms with E-state index in [0.717, 1.165) is 16.9 Å². The number of hydrogen-bond acceptors (Lipinski definition) is 4. The quantitative estimate of drug-likeness (QED) is 0.243. The molecule has 4 rings (SSSR count). The highest BCUT2D eigenvalue weighted by Crippen LogP contribution is 2.41. The van der Waals surface area contributed by atoms with Crippen molar-refractivity contribution in [3.05, 3.63) is 112 Å². The van der Waals surface area contributed by atoms with Crippen molar-refractivity contribution in [2.45, 2.75) is 63.7 Å². The van der Waals surface area contributed by atoms with Crippen molar-refractivity contribution in [1.82, 2.24) is 0 Å². The monoisotopic (exact) mass is 528 g/mol. The van der Waals surface area contributed by atoms with E-state index in [0.29, 0.717) is 11.5 Å². The zero-order chi connectivity index (χ0) is 27.8. The Hall–Kier alpha value is -3.57. The molecule has 0 aliphatic carbocycles. The first kappa shape index (κ1) is 27.5. The van der Waals surface area contributed by atoms with E-state index in [1.54, 1.807) is 55.6 Å². The maximum absolute atomic E-state index is 13.0. The molecule has 0 aliphatic rings. The SMILES string of the molecule is COc1ccc(S(=O)(=O)c2ccc(Oc3cc(C)c(C(C)(C)c4c(C)cc(C)cc4C)c(C)c3)cc2)cc1. The predicted molar refractivity (Wildman–Crippen MR) is 154 cm³/mol. The van der Waals surface area contributed by atoms with Crippen molar-refractivity contribution in [2.75, 3.05) is 7.11 Å². The van der Waals surface area contributed by atoms with Crippen molar-refractivity contribution in [1.29, 1.82) is 0 Å². The molecule has 0 bridgehead atoms. The normalized spacial score (nSPS) is 11.9. The Morgan fingerprint density at radius 1 is 0.579 bits per heavy atom. The van der Waals surface area contributed by atoms with Gasteiger partial charge in [0, 0.05) is 5.41 Å². The van der Waals surface area contributed by atoms with Crippen LogP contribution in [0.5, 0.6) is 17.2 Å². The summed E-state index contributed by atoms with van der Waals surface area (Å²) in [6.07, 6.45) is 0. The molecule has 0 spiro atoms. The minimum Gasteiger partial charge on any atom is -0.497 e. The van der Waals surface area contributed by atoms with Gasteiger partial charge in [0.1, 0.15) is 17.2 Å². The van der Waals surface area contributed by atoms with Gasteiger partial charge in [-0.25, -0.2) is 8.42 Å². The molecule has 0 fully saturated rings. The summed E-state index contributed by atoms with van der Waals surface area (Å²) in [5.41, 5.74) is 8.67. The third kappa shape index (κ3) is 5.21. The Bertz CT molecular complexity index is 1530. The van der Waals surface area contributed by atoms with E-state index >= 15 is 0 Å². The van der Waals surface area contributed by atoms with Crippen LogP contribution < -0.4 is 9.47 Å². The highest BCUT2D eigenvalue weighted by atomic mass is 32.2. The van der Waals surface area contributed by atoms with Crippen LogP contribution in [0.2, 0.25) is 0 Å². The minimum atomic E-state index is -3.64. The number of aryl methyl sites for hydroxylation is 5. The van der Waals surface area contributed by atoms with Crippen LogP contribution in [0.3, 0.4) is 0 Å². The summed E-state index contributed by atoms with van der Waals surface area (Å²) in [6, 6.07) is 21.5. The molecule has 0 N–H and O–H groups in total. The van der Waals surface area contributed by atoms with Gasteiger partial charge in [-0.1, -0.05) is 31.5 Å². The molecule has 0 heterocycles. The molecule has 0 saturated heterocycles. The van der Waals surface area contributed by atoms with Crippen molar-refractivity contribution in [3.63, 3.8) is 0 Å². The van der Waals surface area contributed by atoms with Crippen molar-refractivity contribution in [2.24, 2.45) is 0 Å². The lowest BCUT2D eigenvalue weighted by molar-refractivity contribution is 0.414. The second-order valence-electron chi connectivity index (χ2n) is 10.6. The fourth-order valence-electron chi connectivity index (χ4n) is 5.97. The summed E-state index contributed by atoms with van der Waals surface area (Å²) in [4.78, 5) is 0.429. The second-order valence-corrected chi connectivity index (χ2v) is 12.5. The van der Waals surface area contributed by atoms with E-state index in [1.165, 1.54) is 27.8 Å². The van der Waals surface area contributed by atoms with E-state index in [-0.39, 0.29) is 15.2 Å². The summed E-state index contributed by atoms with van der Waals surface area (Å²) >= 11 is 0. The van der Waals surface area contributed by atoms with Gasteiger partial charge in [-0.05, 0) is 129 Å². The van der Waals surface area contributed by atoms with Gasteiger partial charge in [0.25, 0.3) is 0 Å². The lowest BCUT2D eigenvalue weighted by Crippen LogP contribution is -2.24. The van der Waals surface area contributed by atoms with Crippen molar-refractivity contribution in [3.8, 4) is 17.2 Å². The zero-order valence-corrected chi connectivity index (χ0v) is 24.3.